The number of likely N-dealkylation sites (tertiary alicyclic amines) is 2. The second-order valence-corrected chi connectivity index (χ2v) is 8.95. The molecule has 4 rings (SSSR count). The van der Waals surface area contributed by atoms with E-state index in [-0.39, 0.29) is 30.4 Å². The number of nitrogens with zero attached hydrogens (tertiary/aromatic N) is 3. The van der Waals surface area contributed by atoms with E-state index in [0.717, 1.165) is 32.5 Å². The summed E-state index contributed by atoms with van der Waals surface area (Å²) in [5.74, 6) is 0.154. The van der Waals surface area contributed by atoms with Crippen LogP contribution < -0.4 is 5.32 Å². The van der Waals surface area contributed by atoms with Crippen LogP contribution in [0.1, 0.15) is 31.2 Å². The number of imide groups is 1. The van der Waals surface area contributed by atoms with Gasteiger partial charge in [-0.3, -0.25) is 19.4 Å². The van der Waals surface area contributed by atoms with Crippen LogP contribution in [0.3, 0.4) is 0 Å². The van der Waals surface area contributed by atoms with Gasteiger partial charge in [0.25, 0.3) is 5.91 Å². The molecular weight excluding hydrogens is 396 g/mol. The smallest absolute Gasteiger partial charge is 0.325 e. The summed E-state index contributed by atoms with van der Waals surface area (Å²) in [6.45, 7) is 4.27. The van der Waals surface area contributed by atoms with Crippen molar-refractivity contribution in [2.75, 3.05) is 46.4 Å². The molecule has 31 heavy (non-hydrogen) atoms. The number of rotatable bonds is 6. The molecule has 3 aliphatic heterocycles. The monoisotopic (exact) mass is 428 g/mol. The van der Waals surface area contributed by atoms with Crippen molar-refractivity contribution in [2.45, 2.75) is 37.8 Å². The number of piperidine rings is 2. The molecule has 8 heteroatoms. The van der Waals surface area contributed by atoms with Crippen LogP contribution in [-0.4, -0.2) is 84.5 Å². The first-order valence-corrected chi connectivity index (χ1v) is 11.2. The molecule has 168 valence electrons. The van der Waals surface area contributed by atoms with E-state index in [2.05, 4.69) is 22.3 Å². The molecule has 1 spiro atoms. The van der Waals surface area contributed by atoms with E-state index in [1.54, 1.807) is 4.90 Å². The number of nitrogens with one attached hydrogen (secondary N) is 1. The molecule has 0 aliphatic carbocycles. The average molecular weight is 429 g/mol. The minimum absolute atomic E-state index is 0.00263. The lowest BCUT2D eigenvalue weighted by atomic mass is 9.87. The van der Waals surface area contributed by atoms with Crippen LogP contribution in [0.5, 0.6) is 0 Å². The number of methoxy groups -OCH3 is 1. The highest BCUT2D eigenvalue weighted by Gasteiger charge is 2.52. The minimum atomic E-state index is -0.751. The third kappa shape index (κ3) is 4.75. The Bertz CT molecular complexity index is 799. The lowest BCUT2D eigenvalue weighted by Gasteiger charge is -2.37. The zero-order chi connectivity index (χ0) is 21.8. The molecule has 3 heterocycles. The van der Waals surface area contributed by atoms with E-state index in [4.69, 9.17) is 4.74 Å². The Morgan fingerprint density at radius 2 is 1.77 bits per heavy atom. The third-order valence-electron chi connectivity index (χ3n) is 6.88. The molecule has 3 saturated heterocycles. The Morgan fingerprint density at radius 1 is 1.10 bits per heavy atom. The van der Waals surface area contributed by atoms with Crippen LogP contribution in [0.4, 0.5) is 4.79 Å². The third-order valence-corrected chi connectivity index (χ3v) is 6.88. The van der Waals surface area contributed by atoms with E-state index in [0.29, 0.717) is 32.5 Å². The van der Waals surface area contributed by atoms with Gasteiger partial charge in [-0.2, -0.15) is 0 Å². The van der Waals surface area contributed by atoms with E-state index in [1.165, 1.54) is 17.6 Å². The van der Waals surface area contributed by atoms with Crippen LogP contribution in [0, 0.1) is 5.92 Å². The number of benzene rings is 1. The first-order chi connectivity index (χ1) is 15.0. The number of carbonyl (C=O) groups excluding carboxylic acids is 3. The van der Waals surface area contributed by atoms with Gasteiger partial charge in [0.15, 0.2) is 0 Å². The van der Waals surface area contributed by atoms with Crippen LogP contribution >= 0.6 is 0 Å². The van der Waals surface area contributed by atoms with Gasteiger partial charge in [-0.25, -0.2) is 4.79 Å². The van der Waals surface area contributed by atoms with Crippen molar-refractivity contribution in [1.29, 1.82) is 0 Å². The van der Waals surface area contributed by atoms with E-state index >= 15 is 0 Å². The van der Waals surface area contributed by atoms with E-state index in [1.807, 2.05) is 18.2 Å². The van der Waals surface area contributed by atoms with Gasteiger partial charge >= 0.3 is 6.03 Å². The molecule has 4 amide bonds. The molecule has 0 atom stereocenters. The summed E-state index contributed by atoms with van der Waals surface area (Å²) in [6.07, 6.45) is 2.88. The number of amides is 4. The van der Waals surface area contributed by atoms with Crippen molar-refractivity contribution < 1.29 is 19.1 Å². The highest BCUT2D eigenvalue weighted by molar-refractivity contribution is 6.07. The van der Waals surface area contributed by atoms with Crippen LogP contribution in [0.15, 0.2) is 30.3 Å². The summed E-state index contributed by atoms with van der Waals surface area (Å²) < 4.78 is 4.92. The Balaban J connectivity index is 1.29. The van der Waals surface area contributed by atoms with Crippen molar-refractivity contribution >= 4 is 17.8 Å². The Labute approximate surface area is 183 Å². The predicted octanol–water partition coefficient (Wildman–Crippen LogP) is 1.46. The van der Waals surface area contributed by atoms with Crippen molar-refractivity contribution in [3.63, 3.8) is 0 Å². The maximum atomic E-state index is 13.2. The topological polar surface area (TPSA) is 82.2 Å². The van der Waals surface area contributed by atoms with Gasteiger partial charge in [-0.05, 0) is 37.2 Å². The predicted molar refractivity (Wildman–Crippen MR) is 115 cm³/mol. The summed E-state index contributed by atoms with van der Waals surface area (Å²) in [5, 5.41) is 3.02. The summed E-state index contributed by atoms with van der Waals surface area (Å²) in [7, 11) is 1.52. The molecular formula is C23H32N4O4. The zero-order valence-corrected chi connectivity index (χ0v) is 18.2. The van der Waals surface area contributed by atoms with Gasteiger partial charge in [0, 0.05) is 46.4 Å². The van der Waals surface area contributed by atoms with E-state index < -0.39 is 5.54 Å². The fraction of sp³-hybridized carbons (Fsp3) is 0.609. The summed E-state index contributed by atoms with van der Waals surface area (Å²) in [4.78, 5) is 43.4. The second-order valence-electron chi connectivity index (χ2n) is 8.95. The fourth-order valence-corrected chi connectivity index (χ4v) is 4.95. The van der Waals surface area contributed by atoms with Gasteiger partial charge in [0.1, 0.15) is 12.1 Å². The van der Waals surface area contributed by atoms with Crippen molar-refractivity contribution in [3.8, 4) is 0 Å². The Kier molecular flexibility index (Phi) is 6.57. The highest BCUT2D eigenvalue weighted by atomic mass is 16.5. The van der Waals surface area contributed by atoms with Crippen molar-refractivity contribution in [2.24, 2.45) is 5.92 Å². The zero-order valence-electron chi connectivity index (χ0n) is 18.2. The van der Waals surface area contributed by atoms with Gasteiger partial charge < -0.3 is 15.0 Å². The minimum Gasteiger partial charge on any atom is -0.375 e. The standard InChI is InChI=1S/C23H32N4O4/c1-31-17-20(28)26-11-7-19(8-12-26)16-27-21(29)23(24-22(27)30)9-13-25(14-10-23)15-18-5-3-2-4-6-18/h2-6,19H,7-17H2,1H3,(H,24,30). The quantitative estimate of drug-likeness (QED) is 0.694. The molecule has 0 unspecified atom stereocenters. The largest absolute Gasteiger partial charge is 0.375 e. The Hall–Kier alpha value is -2.45. The van der Waals surface area contributed by atoms with Gasteiger partial charge in [-0.15, -0.1) is 0 Å². The van der Waals surface area contributed by atoms with Gasteiger partial charge in [0.2, 0.25) is 5.91 Å². The molecule has 1 aromatic rings. The SMILES string of the molecule is COCC(=O)N1CCC(CN2C(=O)NC3(CCN(Cc4ccccc4)CC3)C2=O)CC1. The first-order valence-electron chi connectivity index (χ1n) is 11.2. The van der Waals surface area contributed by atoms with Crippen LogP contribution in [-0.2, 0) is 20.9 Å². The molecule has 0 bridgehead atoms. The summed E-state index contributed by atoms with van der Waals surface area (Å²) >= 11 is 0. The molecule has 3 fully saturated rings. The fourth-order valence-electron chi connectivity index (χ4n) is 4.95. The van der Waals surface area contributed by atoms with E-state index in [9.17, 15) is 14.4 Å². The van der Waals surface area contributed by atoms with Gasteiger partial charge in [-0.1, -0.05) is 30.3 Å². The van der Waals surface area contributed by atoms with Crippen LogP contribution in [0.2, 0.25) is 0 Å². The molecule has 3 aliphatic rings. The molecule has 1 N–H and O–H groups in total. The number of urea groups is 1. The average Bonchev–Trinajstić information content (AvgIpc) is 3.01. The number of hydrogen-bond donors (Lipinski definition) is 1. The maximum absolute atomic E-state index is 13.2. The second kappa shape index (κ2) is 9.36. The molecule has 1 aromatic carbocycles. The number of carbonyl (C=O) groups is 3. The number of ether oxygens (including phenoxy) is 1. The maximum Gasteiger partial charge on any atom is 0.325 e. The Morgan fingerprint density at radius 3 is 2.42 bits per heavy atom. The highest BCUT2D eigenvalue weighted by Crippen LogP contribution is 2.31. The van der Waals surface area contributed by atoms with Crippen molar-refractivity contribution in [3.05, 3.63) is 35.9 Å². The lowest BCUT2D eigenvalue weighted by molar-refractivity contribution is -0.137. The molecule has 8 nitrogen and oxygen atoms in total. The number of hydrogen-bond acceptors (Lipinski definition) is 5. The lowest BCUT2D eigenvalue weighted by Crippen LogP contribution is -2.54. The summed E-state index contributed by atoms with van der Waals surface area (Å²) in [5.41, 5.74) is 0.511. The van der Waals surface area contributed by atoms with Crippen LogP contribution in [0.25, 0.3) is 0 Å². The molecule has 0 aromatic heterocycles. The van der Waals surface area contributed by atoms with Crippen molar-refractivity contribution in [1.82, 2.24) is 20.0 Å². The summed E-state index contributed by atoms with van der Waals surface area (Å²) in [6, 6.07) is 10.1. The molecule has 0 saturated carbocycles. The first kappa shape index (κ1) is 21.8. The van der Waals surface area contributed by atoms with Gasteiger partial charge in [0.05, 0.1) is 0 Å². The molecule has 0 radical (unpaired) electrons. The normalized spacial score (nSPS) is 22.2.